The number of amides is 2. The second kappa shape index (κ2) is 36.7. The summed E-state index contributed by atoms with van der Waals surface area (Å²) in [6.45, 7) is 11.8. The Morgan fingerprint density at radius 1 is 0.816 bits per heavy atom. The molecule has 2 amide bonds. The molecule has 87 heavy (non-hydrogen) atoms. The summed E-state index contributed by atoms with van der Waals surface area (Å²) in [6.07, 6.45) is 33.7. The summed E-state index contributed by atoms with van der Waals surface area (Å²) in [5.41, 5.74) is 4.26. The Labute approximate surface area is 521 Å². The molecule has 2 fully saturated rings. The second-order valence-electron chi connectivity index (χ2n) is 26.6. The molecular formula is C68H108N9O9S+. The molecule has 18 nitrogen and oxygen atoms in total. The quantitative estimate of drug-likeness (QED) is 0.0213. The largest absolute Gasteiger partial charge is 0.497 e. The number of aromatic nitrogens is 5. The summed E-state index contributed by atoms with van der Waals surface area (Å²) in [5, 5.41) is 21.5. The number of nitrogens with zero attached hydrogens (tertiary/aromatic N) is 8. The smallest absolute Gasteiger partial charge is 0.303 e. The minimum absolute atomic E-state index is 0.0110. The van der Waals surface area contributed by atoms with Gasteiger partial charge in [0.05, 0.1) is 76.6 Å². The molecule has 1 saturated heterocycles. The van der Waals surface area contributed by atoms with E-state index in [-0.39, 0.29) is 35.3 Å². The molecule has 1 aliphatic carbocycles. The number of rotatable bonds is 45. The van der Waals surface area contributed by atoms with Crippen molar-refractivity contribution in [3.05, 3.63) is 83.4 Å². The first-order valence-corrected chi connectivity index (χ1v) is 34.8. The van der Waals surface area contributed by atoms with Crippen molar-refractivity contribution < 1.29 is 46.4 Å². The second-order valence-corrected chi connectivity index (χ2v) is 28.2. The first-order chi connectivity index (χ1) is 41.8. The molecule has 1 atom stereocenters. The minimum Gasteiger partial charge on any atom is -0.497 e. The molecule has 1 aliphatic heterocycles. The van der Waals surface area contributed by atoms with Gasteiger partial charge in [0, 0.05) is 69.2 Å². The fraction of sp³-hybridized carbons (Fsp3) is 0.691. The molecule has 2 aliphatic rings. The standard InChI is InChI=1S/C68H107N9O9S/c1-54-28-26-30-63(71-54)76(67(81)60-35-34-59(85-6)49-62(60)74-43-37-55(38-44-74)52-86-65-48-57(36-40-70-65)61(50-66(79)80)56-32-33-56)53-68(2,3)39-24-20-21-25-42-75-51-58(72-73-75)29-22-18-16-14-12-10-8-7-9-11-13-15-17-19-23-31-64(78)69-41-46-77(4,5)45-27-47-87(82,83)84/h26,28,30,34-36,40,48-49,51,55-56,61H,7-25,27,29,31-33,37-39,41-47,50,52-53H2,1-6H3,(H2-,69,78,79,80,82,83,84)/p+1/t61-/m0/s1. The Balaban J connectivity index is 0.804. The normalized spacial score (nSPS) is 14.5. The first-order valence-electron chi connectivity index (χ1n) is 33.2. The number of hydrogen-bond acceptors (Lipinski definition) is 12. The van der Waals surface area contributed by atoms with Gasteiger partial charge in [0.1, 0.15) is 11.6 Å². The SMILES string of the molecule is COc1ccc(C(=O)N(CC(C)(C)CCCCCCn2cc(CCCCCCCCCCCCCCCCCC(=O)NCC[N+](C)(C)CCCS(=O)(=O)O)nn2)c2cccc(C)n2)c(N2CCC(COc3cc([C@@H](CC(=O)O)C4CC4)ccn3)CC2)c1. The number of benzene rings is 1. The number of pyridine rings is 2. The molecule has 1 aromatic carbocycles. The van der Waals surface area contributed by atoms with Crippen molar-refractivity contribution in [3.8, 4) is 11.6 Å². The molecule has 484 valence electrons. The molecule has 0 unspecified atom stereocenters. The summed E-state index contributed by atoms with van der Waals surface area (Å²) in [6, 6.07) is 15.5. The number of aryl methyl sites for hydroxylation is 3. The van der Waals surface area contributed by atoms with Gasteiger partial charge < -0.3 is 29.3 Å². The summed E-state index contributed by atoms with van der Waals surface area (Å²) < 4.78 is 45.4. The fourth-order valence-corrected chi connectivity index (χ4v) is 12.7. The Morgan fingerprint density at radius 2 is 1.47 bits per heavy atom. The number of piperidine rings is 1. The van der Waals surface area contributed by atoms with Gasteiger partial charge in [0.2, 0.25) is 11.8 Å². The van der Waals surface area contributed by atoms with Crippen molar-refractivity contribution in [2.45, 2.75) is 213 Å². The predicted molar refractivity (Wildman–Crippen MR) is 346 cm³/mol. The zero-order valence-corrected chi connectivity index (χ0v) is 54.7. The molecule has 0 bridgehead atoms. The number of quaternary nitrogens is 1. The highest BCUT2D eigenvalue weighted by molar-refractivity contribution is 7.85. The van der Waals surface area contributed by atoms with Gasteiger partial charge in [-0.2, -0.15) is 8.42 Å². The van der Waals surface area contributed by atoms with Crippen LogP contribution in [0.3, 0.4) is 0 Å². The highest BCUT2D eigenvalue weighted by atomic mass is 32.2. The first kappa shape index (κ1) is 70.4. The van der Waals surface area contributed by atoms with Crippen LogP contribution in [0.15, 0.2) is 60.9 Å². The van der Waals surface area contributed by atoms with Crippen molar-refractivity contribution in [1.29, 1.82) is 0 Å². The van der Waals surface area contributed by atoms with Crippen LogP contribution in [0.1, 0.15) is 220 Å². The zero-order chi connectivity index (χ0) is 62.5. The number of nitrogens with one attached hydrogen (secondary N) is 1. The number of carboxylic acids is 1. The van der Waals surface area contributed by atoms with Crippen LogP contribution in [0.25, 0.3) is 0 Å². The lowest BCUT2D eigenvalue weighted by atomic mass is 9.86. The summed E-state index contributed by atoms with van der Waals surface area (Å²) in [4.78, 5) is 52.4. The van der Waals surface area contributed by atoms with Crippen LogP contribution in [0.2, 0.25) is 0 Å². The van der Waals surface area contributed by atoms with Crippen molar-refractivity contribution >= 4 is 39.4 Å². The number of likely N-dealkylation sites (N-methyl/N-ethyl adjacent to an activating group) is 1. The van der Waals surface area contributed by atoms with E-state index >= 15 is 4.79 Å². The van der Waals surface area contributed by atoms with Gasteiger partial charge in [-0.05, 0) is 124 Å². The van der Waals surface area contributed by atoms with Crippen LogP contribution in [0.4, 0.5) is 11.5 Å². The molecule has 19 heteroatoms. The van der Waals surface area contributed by atoms with E-state index in [1.54, 1.807) is 13.3 Å². The van der Waals surface area contributed by atoms with E-state index in [0.717, 1.165) is 132 Å². The van der Waals surface area contributed by atoms with Crippen molar-refractivity contribution in [1.82, 2.24) is 30.3 Å². The van der Waals surface area contributed by atoms with Crippen LogP contribution in [-0.4, -0.2) is 138 Å². The lowest BCUT2D eigenvalue weighted by Gasteiger charge is -2.36. The Hall–Kier alpha value is -5.66. The number of methoxy groups -OCH3 is 1. The lowest BCUT2D eigenvalue weighted by molar-refractivity contribution is -0.889. The highest BCUT2D eigenvalue weighted by Gasteiger charge is 2.35. The zero-order valence-electron chi connectivity index (χ0n) is 53.9. The molecule has 4 aromatic rings. The third-order valence-electron chi connectivity index (χ3n) is 17.7. The van der Waals surface area contributed by atoms with Crippen LogP contribution in [0.5, 0.6) is 11.6 Å². The number of hydrogen-bond donors (Lipinski definition) is 3. The van der Waals surface area contributed by atoms with Gasteiger partial charge in [-0.1, -0.05) is 128 Å². The average Bonchev–Trinajstić information content (AvgIpc) is 2.13. The lowest BCUT2D eigenvalue weighted by Crippen LogP contribution is -2.46. The van der Waals surface area contributed by atoms with E-state index < -0.39 is 16.1 Å². The van der Waals surface area contributed by atoms with Crippen molar-refractivity contribution in [2.24, 2.45) is 17.3 Å². The number of unbranched alkanes of at least 4 members (excludes halogenated alkanes) is 17. The topological polar surface area (TPSA) is 219 Å². The summed E-state index contributed by atoms with van der Waals surface area (Å²) in [5.74, 6) is 1.61. The Bertz CT molecular complexity index is 2800. The monoisotopic (exact) mass is 1230 g/mol. The third kappa shape index (κ3) is 27.3. The summed E-state index contributed by atoms with van der Waals surface area (Å²) in [7, 11) is 1.74. The number of aliphatic carboxylic acids is 1. The fourth-order valence-electron chi connectivity index (χ4n) is 12.2. The maximum Gasteiger partial charge on any atom is 0.303 e. The number of carbonyl (C=O) groups excluding carboxylic acids is 2. The highest BCUT2D eigenvalue weighted by Crippen LogP contribution is 2.45. The van der Waals surface area contributed by atoms with Crippen LogP contribution in [-0.2, 0) is 32.7 Å². The molecule has 3 aromatic heterocycles. The number of carboxylic acid groups (broad SMARTS) is 1. The van der Waals surface area contributed by atoms with Gasteiger partial charge >= 0.3 is 5.97 Å². The van der Waals surface area contributed by atoms with E-state index in [1.165, 1.54) is 77.0 Å². The summed E-state index contributed by atoms with van der Waals surface area (Å²) >= 11 is 0. The maximum atomic E-state index is 15.0. The Morgan fingerprint density at radius 3 is 2.11 bits per heavy atom. The van der Waals surface area contributed by atoms with E-state index in [9.17, 15) is 23.1 Å². The number of anilines is 2. The van der Waals surface area contributed by atoms with Crippen LogP contribution < -0.4 is 24.6 Å². The van der Waals surface area contributed by atoms with Gasteiger partial charge in [0.25, 0.3) is 16.0 Å². The third-order valence-corrected chi connectivity index (χ3v) is 18.5. The minimum atomic E-state index is -3.93. The molecule has 1 saturated carbocycles. The molecule has 0 spiro atoms. The molecule has 3 N–H and O–H groups in total. The molecular weight excluding hydrogens is 1120 g/mol. The van der Waals surface area contributed by atoms with E-state index in [4.69, 9.17) is 19.0 Å². The maximum absolute atomic E-state index is 15.0. The molecule has 0 radical (unpaired) electrons. The van der Waals surface area contributed by atoms with E-state index in [1.807, 2.05) is 79.1 Å². The van der Waals surface area contributed by atoms with Gasteiger partial charge in [0.15, 0.2) is 0 Å². The van der Waals surface area contributed by atoms with Crippen molar-refractivity contribution in [3.63, 3.8) is 0 Å². The average molecular weight is 1230 g/mol. The number of ether oxygens (including phenoxy) is 2. The van der Waals surface area contributed by atoms with E-state index in [0.29, 0.717) is 78.4 Å². The predicted octanol–water partition coefficient (Wildman–Crippen LogP) is 13.2. The molecule has 6 rings (SSSR count). The van der Waals surface area contributed by atoms with Gasteiger partial charge in [-0.15, -0.1) is 5.10 Å². The van der Waals surface area contributed by atoms with Gasteiger partial charge in [-0.25, -0.2) is 9.97 Å². The van der Waals surface area contributed by atoms with Crippen molar-refractivity contribution in [2.75, 3.05) is 82.6 Å². The molecule has 4 heterocycles. The van der Waals surface area contributed by atoms with Crippen LogP contribution in [0, 0.1) is 24.2 Å². The Kier molecular flexibility index (Phi) is 29.7. The number of carbonyl (C=O) groups is 3. The van der Waals surface area contributed by atoms with Gasteiger partial charge in [-0.3, -0.25) is 28.5 Å². The van der Waals surface area contributed by atoms with E-state index in [2.05, 4.69) is 45.6 Å². The van der Waals surface area contributed by atoms with Crippen LogP contribution >= 0.6 is 0 Å².